The molecule has 1 unspecified atom stereocenters. The number of aromatic nitrogens is 4. The molecule has 2 saturated heterocycles. The molecule has 3 aromatic rings. The van der Waals surface area contributed by atoms with Crippen LogP contribution in [-0.2, 0) is 9.47 Å². The second kappa shape index (κ2) is 6.22. The maximum atomic E-state index is 14.3. The van der Waals surface area contributed by atoms with Crippen molar-refractivity contribution in [3.63, 3.8) is 0 Å². The Kier molecular flexibility index (Phi) is 3.89. The summed E-state index contributed by atoms with van der Waals surface area (Å²) in [6.07, 6.45) is 0.863. The lowest BCUT2D eigenvalue weighted by molar-refractivity contribution is -0.151. The maximum absolute atomic E-state index is 14.3. The number of hydrogen-bond donors (Lipinski definition) is 0. The largest absolute Gasteiger partial charge is 0.378 e. The molecule has 2 aromatic heterocycles. The summed E-state index contributed by atoms with van der Waals surface area (Å²) in [5, 5.41) is 13.1. The van der Waals surface area contributed by atoms with Gasteiger partial charge in [-0.15, -0.1) is 15.3 Å². The molecule has 1 aromatic carbocycles. The SMILES string of the molecule is CC1(C)CN(c2ccc3nnc(-c4ccccc4F)n3n2)CC2(CCOC2)O1. The zero-order valence-electron chi connectivity index (χ0n) is 15.9. The summed E-state index contributed by atoms with van der Waals surface area (Å²) >= 11 is 0. The van der Waals surface area contributed by atoms with Crippen LogP contribution in [0.3, 0.4) is 0 Å². The molecule has 0 saturated carbocycles. The van der Waals surface area contributed by atoms with E-state index < -0.39 is 0 Å². The molecule has 1 atom stereocenters. The molecule has 2 aliphatic heterocycles. The number of halogens is 1. The first kappa shape index (κ1) is 17.5. The lowest BCUT2D eigenvalue weighted by Crippen LogP contribution is -2.60. The van der Waals surface area contributed by atoms with E-state index in [4.69, 9.17) is 14.6 Å². The number of hydrogen-bond acceptors (Lipinski definition) is 6. The van der Waals surface area contributed by atoms with Crippen LogP contribution in [0, 0.1) is 5.82 Å². The van der Waals surface area contributed by atoms with Gasteiger partial charge in [-0.25, -0.2) is 4.39 Å². The zero-order chi connectivity index (χ0) is 19.4. The van der Waals surface area contributed by atoms with E-state index in [-0.39, 0.29) is 17.0 Å². The summed E-state index contributed by atoms with van der Waals surface area (Å²) in [5.74, 6) is 0.826. The number of ether oxygens (including phenoxy) is 2. The third kappa shape index (κ3) is 2.93. The molecule has 5 rings (SSSR count). The van der Waals surface area contributed by atoms with Crippen LogP contribution in [0.5, 0.6) is 0 Å². The third-order valence-corrected chi connectivity index (χ3v) is 5.30. The average molecular weight is 383 g/mol. The summed E-state index contributed by atoms with van der Waals surface area (Å²) in [7, 11) is 0. The van der Waals surface area contributed by atoms with Crippen molar-refractivity contribution in [3.05, 3.63) is 42.2 Å². The standard InChI is InChI=1S/C20H22FN5O2/c1-19(2)11-25(12-20(28-19)9-10-27-13-20)17-8-7-16-22-23-18(26(16)24-17)14-5-3-4-6-15(14)21/h3-8H,9-13H2,1-2H3. The predicted octanol–water partition coefficient (Wildman–Crippen LogP) is 2.70. The Morgan fingerprint density at radius 3 is 2.71 bits per heavy atom. The predicted molar refractivity (Wildman–Crippen MR) is 102 cm³/mol. The van der Waals surface area contributed by atoms with Gasteiger partial charge in [-0.3, -0.25) is 0 Å². The minimum Gasteiger partial charge on any atom is -0.378 e. The second-order valence-electron chi connectivity index (χ2n) is 8.17. The van der Waals surface area contributed by atoms with Gasteiger partial charge >= 0.3 is 0 Å². The van der Waals surface area contributed by atoms with Gasteiger partial charge in [0.1, 0.15) is 17.2 Å². The van der Waals surface area contributed by atoms with Crippen LogP contribution in [0.25, 0.3) is 17.0 Å². The van der Waals surface area contributed by atoms with Gasteiger partial charge in [0.05, 0.1) is 24.3 Å². The normalized spacial score (nSPS) is 24.3. The number of benzene rings is 1. The highest BCUT2D eigenvalue weighted by Crippen LogP contribution is 2.36. The van der Waals surface area contributed by atoms with Crippen LogP contribution in [-0.4, -0.2) is 57.3 Å². The van der Waals surface area contributed by atoms with Crippen molar-refractivity contribution in [2.45, 2.75) is 31.5 Å². The Labute approximate surface area is 162 Å². The fourth-order valence-electron chi connectivity index (χ4n) is 4.23. The first-order valence-corrected chi connectivity index (χ1v) is 9.45. The maximum Gasteiger partial charge on any atom is 0.188 e. The van der Waals surface area contributed by atoms with Crippen molar-refractivity contribution < 1.29 is 13.9 Å². The van der Waals surface area contributed by atoms with Crippen LogP contribution < -0.4 is 4.90 Å². The molecule has 0 radical (unpaired) electrons. The Morgan fingerprint density at radius 2 is 1.93 bits per heavy atom. The molecule has 4 heterocycles. The number of anilines is 1. The monoisotopic (exact) mass is 383 g/mol. The Balaban J connectivity index is 1.56. The molecule has 146 valence electrons. The number of morpholine rings is 1. The first-order valence-electron chi connectivity index (χ1n) is 9.45. The summed E-state index contributed by atoms with van der Waals surface area (Å²) < 4.78 is 27.9. The Morgan fingerprint density at radius 1 is 1.07 bits per heavy atom. The summed E-state index contributed by atoms with van der Waals surface area (Å²) in [6, 6.07) is 10.3. The first-order chi connectivity index (χ1) is 13.4. The van der Waals surface area contributed by atoms with Gasteiger partial charge in [-0.05, 0) is 38.1 Å². The minimum absolute atomic E-state index is 0.320. The highest BCUT2D eigenvalue weighted by Gasteiger charge is 2.47. The molecule has 0 amide bonds. The molecule has 1 spiro atoms. The fourth-order valence-corrected chi connectivity index (χ4v) is 4.23. The van der Waals surface area contributed by atoms with E-state index in [2.05, 4.69) is 28.9 Å². The molecule has 0 bridgehead atoms. The van der Waals surface area contributed by atoms with Gasteiger partial charge in [-0.2, -0.15) is 4.52 Å². The van der Waals surface area contributed by atoms with Crippen molar-refractivity contribution >= 4 is 11.5 Å². The second-order valence-corrected chi connectivity index (χ2v) is 8.17. The minimum atomic E-state index is -0.349. The molecule has 0 N–H and O–H groups in total. The van der Waals surface area contributed by atoms with Gasteiger partial charge in [0.15, 0.2) is 11.5 Å². The molecule has 7 nitrogen and oxygen atoms in total. The van der Waals surface area contributed by atoms with Gasteiger partial charge < -0.3 is 14.4 Å². The Hall–Kier alpha value is -2.58. The molecular weight excluding hydrogens is 361 g/mol. The third-order valence-electron chi connectivity index (χ3n) is 5.30. The molecule has 8 heteroatoms. The van der Waals surface area contributed by atoms with Crippen LogP contribution in [0.15, 0.2) is 36.4 Å². The van der Waals surface area contributed by atoms with Crippen LogP contribution in [0.2, 0.25) is 0 Å². The van der Waals surface area contributed by atoms with E-state index in [1.54, 1.807) is 22.7 Å². The van der Waals surface area contributed by atoms with E-state index >= 15 is 0 Å². The van der Waals surface area contributed by atoms with E-state index in [1.807, 2.05) is 12.1 Å². The van der Waals surface area contributed by atoms with Crippen molar-refractivity contribution in [3.8, 4) is 11.4 Å². The number of fused-ring (bicyclic) bond motifs is 1. The Bertz CT molecular complexity index is 1030. The summed E-state index contributed by atoms with van der Waals surface area (Å²) in [5.41, 5.74) is 0.306. The van der Waals surface area contributed by atoms with Crippen LogP contribution in [0.4, 0.5) is 10.2 Å². The van der Waals surface area contributed by atoms with Gasteiger partial charge in [0.2, 0.25) is 0 Å². The summed E-state index contributed by atoms with van der Waals surface area (Å²) in [4.78, 5) is 2.21. The summed E-state index contributed by atoms with van der Waals surface area (Å²) in [6.45, 7) is 6.86. The smallest absolute Gasteiger partial charge is 0.188 e. The van der Waals surface area contributed by atoms with Gasteiger partial charge in [0, 0.05) is 19.6 Å². The topological polar surface area (TPSA) is 64.8 Å². The molecule has 28 heavy (non-hydrogen) atoms. The van der Waals surface area contributed by atoms with E-state index in [1.165, 1.54) is 6.07 Å². The molecular formula is C20H22FN5O2. The van der Waals surface area contributed by atoms with E-state index in [0.29, 0.717) is 43.3 Å². The highest BCUT2D eigenvalue weighted by atomic mass is 19.1. The number of rotatable bonds is 2. The lowest BCUT2D eigenvalue weighted by Gasteiger charge is -2.48. The van der Waals surface area contributed by atoms with Crippen LogP contribution >= 0.6 is 0 Å². The zero-order valence-corrected chi connectivity index (χ0v) is 15.9. The van der Waals surface area contributed by atoms with Crippen molar-refractivity contribution in [1.29, 1.82) is 0 Å². The molecule has 2 aliphatic rings. The molecule has 2 fully saturated rings. The van der Waals surface area contributed by atoms with Gasteiger partial charge in [0.25, 0.3) is 0 Å². The molecule has 0 aliphatic carbocycles. The van der Waals surface area contributed by atoms with Crippen molar-refractivity contribution in [1.82, 2.24) is 19.8 Å². The van der Waals surface area contributed by atoms with E-state index in [9.17, 15) is 4.39 Å². The lowest BCUT2D eigenvalue weighted by atomic mass is 9.95. The van der Waals surface area contributed by atoms with Gasteiger partial charge in [-0.1, -0.05) is 12.1 Å². The fraction of sp³-hybridized carbons (Fsp3) is 0.450. The highest BCUT2D eigenvalue weighted by molar-refractivity contribution is 5.60. The van der Waals surface area contributed by atoms with Crippen LogP contribution in [0.1, 0.15) is 20.3 Å². The quantitative estimate of drug-likeness (QED) is 0.678. The van der Waals surface area contributed by atoms with E-state index in [0.717, 1.165) is 12.2 Å². The average Bonchev–Trinajstić information content (AvgIpc) is 3.27. The van der Waals surface area contributed by atoms with Crippen molar-refractivity contribution in [2.75, 3.05) is 31.2 Å². The van der Waals surface area contributed by atoms with Crippen molar-refractivity contribution in [2.24, 2.45) is 0 Å². The number of nitrogens with zero attached hydrogens (tertiary/aromatic N) is 5.